The van der Waals surface area contributed by atoms with Crippen LogP contribution >= 0.6 is 0 Å². The molecule has 5 heteroatoms. The number of anilines is 1. The predicted molar refractivity (Wildman–Crippen MR) is 69.7 cm³/mol. The normalized spacial score (nSPS) is 13.4. The molecule has 0 saturated heterocycles. The second-order valence-corrected chi connectivity index (χ2v) is 6.31. The quantitative estimate of drug-likeness (QED) is 0.870. The van der Waals surface area contributed by atoms with E-state index >= 15 is 0 Å². The number of aliphatic hydroxyl groups excluding tert-OH is 1. The third kappa shape index (κ3) is 2.98. The number of hydrogen-bond acceptors (Lipinski definition) is 3. The van der Waals surface area contributed by atoms with E-state index in [2.05, 4.69) is 0 Å². The first kappa shape index (κ1) is 14.0. The molecule has 1 aromatic carbocycles. The standard InChI is InChI=1S/C12H19NO3S/c1-4-13(17(15,16)11(3)9-14)12-7-5-10(2)6-8-12/h5-8,11,14H,4,9H2,1-3H3. The Morgan fingerprint density at radius 2 is 1.82 bits per heavy atom. The molecule has 1 unspecified atom stereocenters. The Morgan fingerprint density at radius 1 is 1.29 bits per heavy atom. The van der Waals surface area contributed by atoms with E-state index in [-0.39, 0.29) is 6.61 Å². The van der Waals surface area contributed by atoms with E-state index in [1.807, 2.05) is 19.1 Å². The molecule has 4 nitrogen and oxygen atoms in total. The van der Waals surface area contributed by atoms with Gasteiger partial charge in [-0.15, -0.1) is 0 Å². The number of aryl methyl sites for hydroxylation is 1. The monoisotopic (exact) mass is 257 g/mol. The molecule has 96 valence electrons. The van der Waals surface area contributed by atoms with Crippen LogP contribution in [0.2, 0.25) is 0 Å². The molecule has 0 aliphatic carbocycles. The molecule has 0 aromatic heterocycles. The van der Waals surface area contributed by atoms with Gasteiger partial charge in [0.2, 0.25) is 10.0 Å². The van der Waals surface area contributed by atoms with Gasteiger partial charge in [-0.3, -0.25) is 4.31 Å². The van der Waals surface area contributed by atoms with Gasteiger partial charge in [-0.25, -0.2) is 8.42 Å². The lowest BCUT2D eigenvalue weighted by Crippen LogP contribution is -2.39. The van der Waals surface area contributed by atoms with Crippen LogP contribution in [0.5, 0.6) is 0 Å². The van der Waals surface area contributed by atoms with Gasteiger partial charge in [-0.05, 0) is 32.9 Å². The van der Waals surface area contributed by atoms with Crippen LogP contribution in [0.1, 0.15) is 19.4 Å². The van der Waals surface area contributed by atoms with Crippen molar-refractivity contribution in [2.45, 2.75) is 26.0 Å². The minimum Gasteiger partial charge on any atom is -0.395 e. The molecule has 0 fully saturated rings. The Kier molecular flexibility index (Phi) is 4.54. The van der Waals surface area contributed by atoms with Crippen molar-refractivity contribution in [1.82, 2.24) is 0 Å². The lowest BCUT2D eigenvalue weighted by atomic mass is 10.2. The molecule has 0 bridgehead atoms. The van der Waals surface area contributed by atoms with Gasteiger partial charge in [0.05, 0.1) is 12.3 Å². The maximum atomic E-state index is 12.1. The second-order valence-electron chi connectivity index (χ2n) is 4.04. The van der Waals surface area contributed by atoms with E-state index in [0.717, 1.165) is 5.56 Å². The van der Waals surface area contributed by atoms with E-state index < -0.39 is 15.3 Å². The Bertz CT molecular complexity index is 453. The Morgan fingerprint density at radius 3 is 2.24 bits per heavy atom. The lowest BCUT2D eigenvalue weighted by Gasteiger charge is -2.25. The first-order chi connectivity index (χ1) is 7.93. The summed E-state index contributed by atoms with van der Waals surface area (Å²) in [6.07, 6.45) is 0. The highest BCUT2D eigenvalue weighted by atomic mass is 32.2. The van der Waals surface area contributed by atoms with Crippen molar-refractivity contribution in [3.63, 3.8) is 0 Å². The Balaban J connectivity index is 3.12. The summed E-state index contributed by atoms with van der Waals surface area (Å²) < 4.78 is 25.6. The van der Waals surface area contributed by atoms with Gasteiger partial charge >= 0.3 is 0 Å². The lowest BCUT2D eigenvalue weighted by molar-refractivity contribution is 0.295. The summed E-state index contributed by atoms with van der Waals surface area (Å²) in [6, 6.07) is 7.30. The topological polar surface area (TPSA) is 57.6 Å². The third-order valence-corrected chi connectivity index (χ3v) is 4.93. The van der Waals surface area contributed by atoms with E-state index in [4.69, 9.17) is 5.11 Å². The zero-order valence-corrected chi connectivity index (χ0v) is 11.2. The van der Waals surface area contributed by atoms with E-state index in [0.29, 0.717) is 12.2 Å². The van der Waals surface area contributed by atoms with E-state index in [1.165, 1.54) is 11.2 Å². The summed E-state index contributed by atoms with van der Waals surface area (Å²) in [5.41, 5.74) is 1.72. The van der Waals surface area contributed by atoms with Crippen molar-refractivity contribution in [1.29, 1.82) is 0 Å². The molecule has 0 spiro atoms. The maximum absolute atomic E-state index is 12.1. The van der Waals surface area contributed by atoms with Gasteiger partial charge in [0, 0.05) is 6.54 Å². The molecule has 1 N–H and O–H groups in total. The summed E-state index contributed by atoms with van der Waals surface area (Å²) in [7, 11) is -3.48. The zero-order valence-electron chi connectivity index (χ0n) is 10.4. The fraction of sp³-hybridized carbons (Fsp3) is 0.500. The van der Waals surface area contributed by atoms with Crippen molar-refractivity contribution in [2.24, 2.45) is 0 Å². The summed E-state index contributed by atoms with van der Waals surface area (Å²) in [5.74, 6) is 0. The Hall–Kier alpha value is -1.07. The average molecular weight is 257 g/mol. The summed E-state index contributed by atoms with van der Waals surface area (Å²) >= 11 is 0. The molecule has 0 aliphatic heterocycles. The average Bonchev–Trinajstić information content (AvgIpc) is 2.31. The fourth-order valence-corrected chi connectivity index (χ4v) is 2.93. The van der Waals surface area contributed by atoms with Crippen LogP contribution in [-0.4, -0.2) is 31.9 Å². The first-order valence-electron chi connectivity index (χ1n) is 5.62. The van der Waals surface area contributed by atoms with Crippen LogP contribution in [-0.2, 0) is 10.0 Å². The number of nitrogens with zero attached hydrogens (tertiary/aromatic N) is 1. The minimum absolute atomic E-state index is 0.357. The number of benzene rings is 1. The molecular weight excluding hydrogens is 238 g/mol. The fourth-order valence-electron chi connectivity index (χ4n) is 1.53. The predicted octanol–water partition coefficient (Wildman–Crippen LogP) is 1.53. The van der Waals surface area contributed by atoms with Gasteiger partial charge in [-0.1, -0.05) is 17.7 Å². The number of aliphatic hydroxyl groups is 1. The van der Waals surface area contributed by atoms with Crippen LogP contribution in [0.3, 0.4) is 0 Å². The van der Waals surface area contributed by atoms with Crippen molar-refractivity contribution < 1.29 is 13.5 Å². The van der Waals surface area contributed by atoms with Gasteiger partial charge in [0.25, 0.3) is 0 Å². The molecule has 17 heavy (non-hydrogen) atoms. The maximum Gasteiger partial charge on any atom is 0.240 e. The summed E-state index contributed by atoms with van der Waals surface area (Å²) in [5, 5.41) is 8.21. The van der Waals surface area contributed by atoms with Gasteiger partial charge in [-0.2, -0.15) is 0 Å². The summed E-state index contributed by atoms with van der Waals surface area (Å²) in [4.78, 5) is 0. The molecule has 1 aromatic rings. The van der Waals surface area contributed by atoms with Crippen molar-refractivity contribution in [2.75, 3.05) is 17.5 Å². The SMILES string of the molecule is CCN(c1ccc(C)cc1)S(=O)(=O)C(C)CO. The minimum atomic E-state index is -3.48. The zero-order chi connectivity index (χ0) is 13.1. The smallest absolute Gasteiger partial charge is 0.240 e. The van der Waals surface area contributed by atoms with Crippen molar-refractivity contribution in [3.8, 4) is 0 Å². The number of hydrogen-bond donors (Lipinski definition) is 1. The molecule has 1 atom stereocenters. The van der Waals surface area contributed by atoms with Gasteiger partial charge < -0.3 is 5.11 Å². The first-order valence-corrected chi connectivity index (χ1v) is 7.12. The van der Waals surface area contributed by atoms with Crippen molar-refractivity contribution in [3.05, 3.63) is 29.8 Å². The molecule has 0 saturated carbocycles. The van der Waals surface area contributed by atoms with Gasteiger partial charge in [0.1, 0.15) is 5.25 Å². The van der Waals surface area contributed by atoms with Crippen molar-refractivity contribution >= 4 is 15.7 Å². The Labute approximate surface area is 103 Å². The molecule has 0 aliphatic rings. The molecule has 0 radical (unpaired) electrons. The van der Waals surface area contributed by atoms with Gasteiger partial charge in [0.15, 0.2) is 0 Å². The van der Waals surface area contributed by atoms with Crippen LogP contribution in [0.15, 0.2) is 24.3 Å². The highest BCUT2D eigenvalue weighted by Crippen LogP contribution is 2.20. The number of rotatable bonds is 5. The largest absolute Gasteiger partial charge is 0.395 e. The highest BCUT2D eigenvalue weighted by molar-refractivity contribution is 7.93. The van der Waals surface area contributed by atoms with Crippen LogP contribution in [0.4, 0.5) is 5.69 Å². The molecule has 0 amide bonds. The molecular formula is C12H19NO3S. The van der Waals surface area contributed by atoms with E-state index in [9.17, 15) is 8.42 Å². The highest BCUT2D eigenvalue weighted by Gasteiger charge is 2.27. The summed E-state index contributed by atoms with van der Waals surface area (Å²) in [6.45, 7) is 5.22. The van der Waals surface area contributed by atoms with Crippen LogP contribution in [0, 0.1) is 6.92 Å². The third-order valence-electron chi connectivity index (χ3n) is 2.68. The van der Waals surface area contributed by atoms with Crippen LogP contribution in [0.25, 0.3) is 0 Å². The second kappa shape index (κ2) is 5.51. The molecule has 1 rings (SSSR count). The number of sulfonamides is 1. The van der Waals surface area contributed by atoms with E-state index in [1.54, 1.807) is 19.1 Å². The molecule has 0 heterocycles. The van der Waals surface area contributed by atoms with Crippen LogP contribution < -0.4 is 4.31 Å².